The van der Waals surface area contributed by atoms with Crippen LogP contribution in [0.25, 0.3) is 0 Å². The van der Waals surface area contributed by atoms with Gasteiger partial charge in [0, 0.05) is 0 Å². The summed E-state index contributed by atoms with van der Waals surface area (Å²) in [6.45, 7) is 1.38. The normalized spacial score (nSPS) is 9.00. The van der Waals surface area contributed by atoms with Crippen LogP contribution in [0.2, 0.25) is 0 Å². The van der Waals surface area contributed by atoms with Crippen LogP contribution in [0.1, 0.15) is 6.92 Å². The van der Waals surface area contributed by atoms with E-state index in [1.165, 1.54) is 6.92 Å². The molecule has 0 atom stereocenters. The van der Waals surface area contributed by atoms with Gasteiger partial charge < -0.3 is 20.8 Å². The summed E-state index contributed by atoms with van der Waals surface area (Å²) < 4.78 is 0. The number of carboxylic acid groups (broad SMARTS) is 2. The molecule has 6 heteroatoms. The van der Waals surface area contributed by atoms with E-state index < -0.39 is 18.4 Å². The minimum Gasteiger partial charge on any atom is -0.465 e. The third-order valence-electron chi connectivity index (χ3n) is 0.680. The van der Waals surface area contributed by atoms with Gasteiger partial charge in [-0.25, -0.2) is 9.59 Å². The van der Waals surface area contributed by atoms with Gasteiger partial charge in [-0.05, 0) is 6.92 Å². The van der Waals surface area contributed by atoms with Gasteiger partial charge in [0.25, 0.3) is 0 Å². The van der Waals surface area contributed by atoms with Crippen molar-refractivity contribution in [2.24, 2.45) is 0 Å². The molecule has 0 rings (SSSR count). The van der Waals surface area contributed by atoms with Crippen molar-refractivity contribution in [1.29, 1.82) is 0 Å². The first-order valence-electron chi connectivity index (χ1n) is 2.51. The van der Waals surface area contributed by atoms with E-state index >= 15 is 0 Å². The third-order valence-corrected chi connectivity index (χ3v) is 0.680. The van der Waals surface area contributed by atoms with Crippen molar-refractivity contribution in [3.63, 3.8) is 0 Å². The van der Waals surface area contributed by atoms with Gasteiger partial charge in [0.15, 0.2) is 0 Å². The molecule has 2 amide bonds. The first kappa shape index (κ1) is 8.54. The largest absolute Gasteiger partial charge is 0.465 e. The summed E-state index contributed by atoms with van der Waals surface area (Å²) in [7, 11) is 0. The molecular formula is C4H8N2O4. The molecule has 0 bridgehead atoms. The quantitative estimate of drug-likeness (QED) is 0.410. The fraction of sp³-hybridized carbons (Fsp3) is 0.500. The number of carbonyl (C=O) groups is 2. The zero-order valence-electron chi connectivity index (χ0n) is 5.29. The van der Waals surface area contributed by atoms with E-state index in [1.54, 1.807) is 0 Å². The predicted octanol–water partition coefficient (Wildman–Crippen LogP) is -0.132. The molecule has 0 fully saturated rings. The average molecular weight is 148 g/mol. The highest BCUT2D eigenvalue weighted by atomic mass is 16.4. The van der Waals surface area contributed by atoms with Crippen molar-refractivity contribution in [1.82, 2.24) is 10.6 Å². The topological polar surface area (TPSA) is 98.7 Å². The second-order valence-electron chi connectivity index (χ2n) is 1.62. The molecular weight excluding hydrogens is 140 g/mol. The van der Waals surface area contributed by atoms with Gasteiger partial charge in [-0.1, -0.05) is 0 Å². The Kier molecular flexibility index (Phi) is 3.03. The maximum Gasteiger partial charge on any atom is 0.406 e. The fourth-order valence-corrected chi connectivity index (χ4v) is 0.407. The smallest absolute Gasteiger partial charge is 0.406 e. The lowest BCUT2D eigenvalue weighted by Gasteiger charge is -2.09. The van der Waals surface area contributed by atoms with Crippen molar-refractivity contribution < 1.29 is 19.8 Å². The minimum absolute atomic E-state index is 0.782. The number of nitrogens with one attached hydrogen (secondary N) is 2. The van der Waals surface area contributed by atoms with Gasteiger partial charge >= 0.3 is 12.2 Å². The molecule has 0 unspecified atom stereocenters. The first-order valence-corrected chi connectivity index (χ1v) is 2.51. The van der Waals surface area contributed by atoms with Gasteiger partial charge in [0.2, 0.25) is 0 Å². The van der Waals surface area contributed by atoms with Crippen molar-refractivity contribution in [2.45, 2.75) is 13.1 Å². The van der Waals surface area contributed by atoms with E-state index in [1.807, 2.05) is 10.6 Å². The van der Waals surface area contributed by atoms with Crippen LogP contribution >= 0.6 is 0 Å². The molecule has 0 aromatic carbocycles. The average Bonchev–Trinajstić information content (AvgIpc) is 1.58. The van der Waals surface area contributed by atoms with Gasteiger partial charge in [0.05, 0.1) is 0 Å². The highest BCUT2D eigenvalue weighted by Crippen LogP contribution is 1.73. The standard InChI is InChI=1S/C4H8N2O4/c1-2(5-3(7)8)6-4(9)10/h2,5-6H,1H3,(H,7,8)(H,9,10). The Hall–Kier alpha value is -1.46. The summed E-state index contributed by atoms with van der Waals surface area (Å²) in [5, 5.41) is 19.9. The Labute approximate surface area is 56.8 Å². The number of rotatable bonds is 2. The zero-order valence-corrected chi connectivity index (χ0v) is 5.29. The van der Waals surface area contributed by atoms with Crippen LogP contribution in [-0.4, -0.2) is 28.6 Å². The summed E-state index contributed by atoms with van der Waals surface area (Å²) in [5.41, 5.74) is 0. The lowest BCUT2D eigenvalue weighted by molar-refractivity contribution is 0.178. The van der Waals surface area contributed by atoms with Crippen molar-refractivity contribution in [3.8, 4) is 0 Å². The summed E-state index contributed by atoms with van der Waals surface area (Å²) in [6, 6.07) is 0. The predicted molar refractivity (Wildman–Crippen MR) is 31.8 cm³/mol. The van der Waals surface area contributed by atoms with Crippen molar-refractivity contribution in [3.05, 3.63) is 0 Å². The maximum absolute atomic E-state index is 9.85. The monoisotopic (exact) mass is 148 g/mol. The van der Waals surface area contributed by atoms with Crippen LogP contribution in [-0.2, 0) is 0 Å². The first-order chi connectivity index (χ1) is 4.52. The summed E-state index contributed by atoms with van der Waals surface area (Å²) in [5.74, 6) is 0. The van der Waals surface area contributed by atoms with Crippen molar-refractivity contribution in [2.75, 3.05) is 0 Å². The number of amides is 2. The Balaban J connectivity index is 3.53. The van der Waals surface area contributed by atoms with Gasteiger partial charge in [-0.15, -0.1) is 0 Å². The molecule has 0 aromatic heterocycles. The summed E-state index contributed by atoms with van der Waals surface area (Å²) in [6.07, 6.45) is -3.31. The molecule has 58 valence electrons. The van der Waals surface area contributed by atoms with Gasteiger partial charge in [-0.3, -0.25) is 0 Å². The molecule has 0 saturated heterocycles. The van der Waals surface area contributed by atoms with Crippen molar-refractivity contribution >= 4 is 12.2 Å². The fourth-order valence-electron chi connectivity index (χ4n) is 0.407. The van der Waals surface area contributed by atoms with Crippen LogP contribution in [0.15, 0.2) is 0 Å². The maximum atomic E-state index is 9.85. The molecule has 0 heterocycles. The highest BCUT2D eigenvalue weighted by Gasteiger charge is 2.05. The van der Waals surface area contributed by atoms with E-state index in [4.69, 9.17) is 10.2 Å². The zero-order chi connectivity index (χ0) is 8.15. The molecule has 10 heavy (non-hydrogen) atoms. The number of hydrogen-bond donors (Lipinski definition) is 4. The van der Waals surface area contributed by atoms with E-state index in [2.05, 4.69) is 0 Å². The second kappa shape index (κ2) is 3.54. The molecule has 0 spiro atoms. The molecule has 0 aliphatic carbocycles. The lowest BCUT2D eigenvalue weighted by atomic mass is 10.6. The van der Waals surface area contributed by atoms with E-state index in [0.29, 0.717) is 0 Å². The van der Waals surface area contributed by atoms with Gasteiger partial charge in [0.1, 0.15) is 6.17 Å². The van der Waals surface area contributed by atoms with Crippen LogP contribution < -0.4 is 10.6 Å². The van der Waals surface area contributed by atoms with Crippen LogP contribution in [0.3, 0.4) is 0 Å². The van der Waals surface area contributed by atoms with Crippen LogP contribution in [0, 0.1) is 0 Å². The summed E-state index contributed by atoms with van der Waals surface area (Å²) in [4.78, 5) is 19.7. The second-order valence-corrected chi connectivity index (χ2v) is 1.62. The molecule has 4 N–H and O–H groups in total. The van der Waals surface area contributed by atoms with E-state index in [-0.39, 0.29) is 0 Å². The molecule has 6 nitrogen and oxygen atoms in total. The summed E-state index contributed by atoms with van der Waals surface area (Å²) >= 11 is 0. The molecule has 0 aliphatic heterocycles. The third kappa shape index (κ3) is 4.69. The van der Waals surface area contributed by atoms with Crippen LogP contribution in [0.4, 0.5) is 9.59 Å². The highest BCUT2D eigenvalue weighted by molar-refractivity contribution is 5.68. The Morgan fingerprint density at radius 1 is 1.20 bits per heavy atom. The molecule has 0 aromatic rings. The van der Waals surface area contributed by atoms with Crippen LogP contribution in [0.5, 0.6) is 0 Å². The lowest BCUT2D eigenvalue weighted by Crippen LogP contribution is -2.44. The molecule has 0 saturated carbocycles. The Morgan fingerprint density at radius 2 is 1.50 bits per heavy atom. The van der Waals surface area contributed by atoms with Gasteiger partial charge in [-0.2, -0.15) is 0 Å². The Bertz CT molecular complexity index is 130. The Morgan fingerprint density at radius 3 is 1.70 bits per heavy atom. The SMILES string of the molecule is CC(NC(=O)O)NC(=O)O. The number of hydrogen-bond acceptors (Lipinski definition) is 2. The minimum atomic E-state index is -1.26. The molecule has 0 aliphatic rings. The van der Waals surface area contributed by atoms with E-state index in [0.717, 1.165) is 0 Å². The molecule has 0 radical (unpaired) electrons. The van der Waals surface area contributed by atoms with E-state index in [9.17, 15) is 9.59 Å².